The van der Waals surface area contributed by atoms with Crippen LogP contribution in [0.5, 0.6) is 0 Å². The minimum Gasteiger partial charge on any atom is -0.376 e. The smallest absolute Gasteiger partial charge is 0.217 e. The van der Waals surface area contributed by atoms with Crippen LogP contribution in [0, 0.1) is 5.41 Å². The molecule has 3 aliphatic rings. The summed E-state index contributed by atoms with van der Waals surface area (Å²) < 4.78 is 5.86. The third kappa shape index (κ3) is 5.00. The van der Waals surface area contributed by atoms with Gasteiger partial charge in [-0.05, 0) is 44.7 Å². The third-order valence-electron chi connectivity index (χ3n) is 8.04. The summed E-state index contributed by atoms with van der Waals surface area (Å²) in [6.07, 6.45) is 5.81. The number of aryl methyl sites for hydroxylation is 1. The molecule has 0 radical (unpaired) electrons. The molecule has 38 heavy (non-hydrogen) atoms. The Hall–Kier alpha value is -2.73. The lowest BCUT2D eigenvalue weighted by atomic mass is 9.73. The molecular formula is C25H35Cl2N9O2. The standard InChI is InChI=1S/C25H33N9O2.2ClH/c1-15-22(26)25(14-36-15)7-10-33(11-8-25)20-13-28-21-23(30-20)31-32-24(21)34-9-3-4-18-19(34)6-5-17(29-18)12-27-16(2)35;;/h5-6,13,15,22H,3-4,7-12,14,26H2,1-2H3,(H,27,35)(H,30,31,32);2*1H/t15-,22+;;/m0../s1. The van der Waals surface area contributed by atoms with Crippen molar-refractivity contribution in [1.82, 2.24) is 30.5 Å². The summed E-state index contributed by atoms with van der Waals surface area (Å²) in [5.41, 5.74) is 10.9. The van der Waals surface area contributed by atoms with Gasteiger partial charge in [0.1, 0.15) is 5.82 Å². The maximum absolute atomic E-state index is 11.3. The maximum atomic E-state index is 11.3. The molecule has 2 fully saturated rings. The van der Waals surface area contributed by atoms with Gasteiger partial charge in [-0.15, -0.1) is 24.8 Å². The van der Waals surface area contributed by atoms with Crippen LogP contribution in [0.4, 0.5) is 17.3 Å². The molecule has 0 unspecified atom stereocenters. The molecule has 0 saturated carbocycles. The van der Waals surface area contributed by atoms with E-state index in [1.165, 1.54) is 6.92 Å². The number of nitrogens with two attached hydrogens (primary N) is 1. The summed E-state index contributed by atoms with van der Waals surface area (Å²) in [5.74, 6) is 1.56. The zero-order chi connectivity index (χ0) is 24.9. The number of pyridine rings is 1. The van der Waals surface area contributed by atoms with Gasteiger partial charge in [0.05, 0.1) is 42.5 Å². The average Bonchev–Trinajstić information content (AvgIpc) is 3.44. The number of hydrogen-bond acceptors (Lipinski definition) is 9. The number of carbonyl (C=O) groups is 1. The second-order valence-electron chi connectivity index (χ2n) is 10.3. The molecule has 206 valence electrons. The van der Waals surface area contributed by atoms with Crippen LogP contribution in [0.2, 0.25) is 0 Å². The summed E-state index contributed by atoms with van der Waals surface area (Å²) in [6, 6.07) is 4.10. The Balaban J connectivity index is 0.00000168. The lowest BCUT2D eigenvalue weighted by molar-refractivity contribution is -0.119. The summed E-state index contributed by atoms with van der Waals surface area (Å²) in [7, 11) is 0. The first-order valence-electron chi connectivity index (χ1n) is 12.8. The van der Waals surface area contributed by atoms with E-state index in [0.29, 0.717) is 12.2 Å². The van der Waals surface area contributed by atoms with E-state index in [1.54, 1.807) is 0 Å². The minimum absolute atomic E-state index is 0. The van der Waals surface area contributed by atoms with Gasteiger partial charge in [0.2, 0.25) is 5.91 Å². The number of halogens is 2. The van der Waals surface area contributed by atoms with E-state index in [-0.39, 0.29) is 48.3 Å². The topological polar surface area (TPSA) is 138 Å². The Morgan fingerprint density at radius 3 is 2.74 bits per heavy atom. The van der Waals surface area contributed by atoms with Crippen molar-refractivity contribution in [3.05, 3.63) is 29.7 Å². The molecule has 1 spiro atoms. The molecule has 13 heteroatoms. The van der Waals surface area contributed by atoms with Gasteiger partial charge in [-0.3, -0.25) is 14.9 Å². The van der Waals surface area contributed by atoms with Crippen LogP contribution < -0.4 is 20.9 Å². The highest BCUT2D eigenvalue weighted by atomic mass is 35.5. The Morgan fingerprint density at radius 1 is 1.24 bits per heavy atom. The number of carbonyl (C=O) groups excluding carboxylic acids is 1. The Morgan fingerprint density at radius 2 is 2.03 bits per heavy atom. The van der Waals surface area contributed by atoms with E-state index in [4.69, 9.17) is 25.4 Å². The van der Waals surface area contributed by atoms with Crippen LogP contribution in [-0.4, -0.2) is 69.4 Å². The molecule has 3 aliphatic heterocycles. The second kappa shape index (κ2) is 11.2. The monoisotopic (exact) mass is 563 g/mol. The second-order valence-corrected chi connectivity index (χ2v) is 10.3. The molecule has 2 atom stereocenters. The van der Waals surface area contributed by atoms with Crippen molar-refractivity contribution in [2.24, 2.45) is 11.1 Å². The van der Waals surface area contributed by atoms with E-state index in [1.807, 2.05) is 12.3 Å². The Kier molecular flexibility index (Phi) is 8.32. The first kappa shape index (κ1) is 28.3. The molecule has 2 saturated heterocycles. The average molecular weight is 565 g/mol. The molecule has 3 aromatic rings. The lowest BCUT2D eigenvalue weighted by Crippen LogP contribution is -2.50. The van der Waals surface area contributed by atoms with Crippen molar-refractivity contribution in [1.29, 1.82) is 0 Å². The number of nitrogens with one attached hydrogen (secondary N) is 2. The molecular weight excluding hydrogens is 529 g/mol. The third-order valence-corrected chi connectivity index (χ3v) is 8.04. The van der Waals surface area contributed by atoms with Gasteiger partial charge in [0, 0.05) is 38.0 Å². The minimum atomic E-state index is -0.0631. The zero-order valence-electron chi connectivity index (χ0n) is 21.6. The number of nitrogens with zero attached hydrogens (tertiary/aromatic N) is 6. The summed E-state index contributed by atoms with van der Waals surface area (Å²) >= 11 is 0. The van der Waals surface area contributed by atoms with E-state index in [9.17, 15) is 4.79 Å². The molecule has 6 rings (SSSR count). The predicted octanol–water partition coefficient (Wildman–Crippen LogP) is 2.64. The number of anilines is 3. The number of amides is 1. The summed E-state index contributed by atoms with van der Waals surface area (Å²) in [6.45, 7) is 7.36. The van der Waals surface area contributed by atoms with Gasteiger partial charge < -0.3 is 25.6 Å². The maximum Gasteiger partial charge on any atom is 0.217 e. The molecule has 0 bridgehead atoms. The Bertz CT molecular complexity index is 1300. The number of H-pyrrole nitrogens is 1. The normalized spacial score (nSPS) is 22.1. The van der Waals surface area contributed by atoms with Gasteiger partial charge in [-0.25, -0.2) is 9.97 Å². The van der Waals surface area contributed by atoms with Gasteiger partial charge in [0.15, 0.2) is 17.0 Å². The van der Waals surface area contributed by atoms with Gasteiger partial charge in [0.25, 0.3) is 0 Å². The van der Waals surface area contributed by atoms with Crippen molar-refractivity contribution < 1.29 is 9.53 Å². The number of fused-ring (bicyclic) bond motifs is 2. The molecule has 6 heterocycles. The highest BCUT2D eigenvalue weighted by Gasteiger charge is 2.47. The van der Waals surface area contributed by atoms with Gasteiger partial charge in [-0.2, -0.15) is 5.10 Å². The highest BCUT2D eigenvalue weighted by molar-refractivity contribution is 5.87. The predicted molar refractivity (Wildman–Crippen MR) is 151 cm³/mol. The number of piperidine rings is 1. The summed E-state index contributed by atoms with van der Waals surface area (Å²) in [4.78, 5) is 30.2. The van der Waals surface area contributed by atoms with Gasteiger partial charge >= 0.3 is 0 Å². The fraction of sp³-hybridized carbons (Fsp3) is 0.560. The number of rotatable bonds is 4. The number of ether oxygens (including phenoxy) is 1. The number of hydrogen-bond donors (Lipinski definition) is 3. The fourth-order valence-corrected chi connectivity index (χ4v) is 5.80. The highest BCUT2D eigenvalue weighted by Crippen LogP contribution is 2.42. The van der Waals surface area contributed by atoms with E-state index < -0.39 is 0 Å². The van der Waals surface area contributed by atoms with Crippen molar-refractivity contribution in [3.8, 4) is 0 Å². The first-order valence-corrected chi connectivity index (χ1v) is 12.8. The van der Waals surface area contributed by atoms with Crippen LogP contribution in [0.25, 0.3) is 11.2 Å². The van der Waals surface area contributed by atoms with Crippen LogP contribution in [0.15, 0.2) is 18.3 Å². The van der Waals surface area contributed by atoms with Crippen molar-refractivity contribution >= 4 is 59.2 Å². The molecule has 3 aromatic heterocycles. The lowest BCUT2D eigenvalue weighted by Gasteiger charge is -2.41. The van der Waals surface area contributed by atoms with Crippen molar-refractivity contribution in [2.75, 3.05) is 36.0 Å². The van der Waals surface area contributed by atoms with E-state index in [0.717, 1.165) is 86.2 Å². The van der Waals surface area contributed by atoms with E-state index in [2.05, 4.69) is 38.3 Å². The molecule has 11 nitrogen and oxygen atoms in total. The molecule has 0 aromatic carbocycles. The van der Waals surface area contributed by atoms with Gasteiger partial charge in [-0.1, -0.05) is 0 Å². The molecule has 4 N–H and O–H groups in total. The number of aromatic nitrogens is 5. The van der Waals surface area contributed by atoms with Crippen LogP contribution in [-0.2, 0) is 22.5 Å². The molecule has 0 aliphatic carbocycles. The van der Waals surface area contributed by atoms with Crippen molar-refractivity contribution in [2.45, 2.75) is 58.2 Å². The fourth-order valence-electron chi connectivity index (χ4n) is 5.80. The SMILES string of the molecule is CC(=O)NCc1ccc2c(n1)CCCN2c1n[nH]c2nc(N3CCC4(CC3)CO[C@@H](C)[C@H]4N)cnc12.Cl.Cl. The largest absolute Gasteiger partial charge is 0.376 e. The van der Waals surface area contributed by atoms with Crippen LogP contribution in [0.1, 0.15) is 44.5 Å². The van der Waals surface area contributed by atoms with Crippen molar-refractivity contribution in [3.63, 3.8) is 0 Å². The van der Waals surface area contributed by atoms with Crippen LogP contribution >= 0.6 is 24.8 Å². The number of aromatic amines is 1. The molecule has 1 amide bonds. The quantitative estimate of drug-likeness (QED) is 0.437. The van der Waals surface area contributed by atoms with E-state index >= 15 is 0 Å². The first-order chi connectivity index (χ1) is 17.4. The Labute approximate surface area is 234 Å². The summed E-state index contributed by atoms with van der Waals surface area (Å²) in [5, 5.41) is 10.5. The zero-order valence-corrected chi connectivity index (χ0v) is 23.3. The van der Waals surface area contributed by atoms with Crippen LogP contribution in [0.3, 0.4) is 0 Å².